The van der Waals surface area contributed by atoms with Crippen LogP contribution in [-0.4, -0.2) is 39.8 Å². The maximum atomic E-state index is 11.7. The zero-order chi connectivity index (χ0) is 13.6. The van der Waals surface area contributed by atoms with Gasteiger partial charge in [-0.15, -0.1) is 0 Å². The van der Waals surface area contributed by atoms with Gasteiger partial charge < -0.3 is 8.97 Å². The smallest absolute Gasteiger partial charge is 0.310 e. The van der Waals surface area contributed by atoms with Gasteiger partial charge in [-0.3, -0.25) is 4.79 Å². The molecule has 1 aliphatic rings. The lowest BCUT2D eigenvalue weighted by molar-refractivity contribution is -0.142. The van der Waals surface area contributed by atoms with E-state index in [2.05, 4.69) is 50.4 Å². The van der Waals surface area contributed by atoms with Crippen LogP contribution in [0.4, 0.5) is 0 Å². The van der Waals surface area contributed by atoms with Crippen LogP contribution in [0.2, 0.25) is 39.3 Å². The van der Waals surface area contributed by atoms with Gasteiger partial charge in [-0.25, -0.2) is 0 Å². The number of rotatable bonds is 4. The Hall–Kier alpha value is -0.136. The van der Waals surface area contributed by atoms with Crippen molar-refractivity contribution >= 4 is 22.4 Å². The third-order valence-electron chi connectivity index (χ3n) is 3.55. The minimum atomic E-state index is -1.38. The standard InChI is InChI=1S/C12H27NO2Si2/c1-9-10(12(14)15-2)11(9)13(16(3,4)5)17(6,7)8/h9-11H,1-8H3/t9-,10?,11+/m1/s1. The topological polar surface area (TPSA) is 29.5 Å². The highest BCUT2D eigenvalue weighted by molar-refractivity contribution is 6.89. The van der Waals surface area contributed by atoms with Crippen molar-refractivity contribution in [2.45, 2.75) is 52.2 Å². The highest BCUT2D eigenvalue weighted by Crippen LogP contribution is 2.47. The summed E-state index contributed by atoms with van der Waals surface area (Å²) in [7, 11) is -1.26. The molecule has 0 aromatic heterocycles. The van der Waals surface area contributed by atoms with E-state index in [0.717, 1.165) is 0 Å². The molecule has 0 aliphatic heterocycles. The van der Waals surface area contributed by atoms with Crippen LogP contribution in [-0.2, 0) is 9.53 Å². The Kier molecular flexibility index (Phi) is 3.96. The van der Waals surface area contributed by atoms with Crippen molar-refractivity contribution in [1.82, 2.24) is 4.23 Å². The molecule has 3 nitrogen and oxygen atoms in total. The van der Waals surface area contributed by atoms with Crippen LogP contribution in [0.25, 0.3) is 0 Å². The Balaban J connectivity index is 2.93. The van der Waals surface area contributed by atoms with Gasteiger partial charge in [0.15, 0.2) is 0 Å². The van der Waals surface area contributed by atoms with E-state index in [0.29, 0.717) is 12.0 Å². The van der Waals surface area contributed by atoms with Gasteiger partial charge in [-0.2, -0.15) is 0 Å². The fraction of sp³-hybridized carbons (Fsp3) is 0.917. The predicted octanol–water partition coefficient (Wildman–Crippen LogP) is 2.77. The third kappa shape index (κ3) is 3.00. The van der Waals surface area contributed by atoms with Gasteiger partial charge in [0.05, 0.1) is 13.0 Å². The second kappa shape index (κ2) is 4.51. The molecule has 17 heavy (non-hydrogen) atoms. The molecule has 1 aliphatic carbocycles. The monoisotopic (exact) mass is 273 g/mol. The van der Waals surface area contributed by atoms with Crippen molar-refractivity contribution in [2.24, 2.45) is 11.8 Å². The average Bonchev–Trinajstić information content (AvgIpc) is 2.71. The van der Waals surface area contributed by atoms with Crippen LogP contribution >= 0.6 is 0 Å². The SMILES string of the molecule is COC(=O)C1[C@@H](C)[C@@H]1N([Si](C)(C)C)[Si](C)(C)C. The number of carbonyl (C=O) groups is 1. The summed E-state index contributed by atoms with van der Waals surface area (Å²) in [5.41, 5.74) is 0. The van der Waals surface area contributed by atoms with Gasteiger partial charge in [-0.05, 0) is 5.92 Å². The highest BCUT2D eigenvalue weighted by atomic mass is 28.4. The maximum Gasteiger partial charge on any atom is 0.310 e. The minimum absolute atomic E-state index is 0.0241. The normalized spacial score (nSPS) is 29.4. The van der Waals surface area contributed by atoms with Gasteiger partial charge in [-0.1, -0.05) is 46.2 Å². The summed E-state index contributed by atoms with van der Waals surface area (Å²) in [5, 5.41) is 0. The first kappa shape index (κ1) is 14.9. The molecule has 0 bridgehead atoms. The van der Waals surface area contributed by atoms with Crippen molar-refractivity contribution in [3.8, 4) is 0 Å². The summed E-state index contributed by atoms with van der Waals surface area (Å²) in [6.07, 6.45) is 0. The molecule has 5 heteroatoms. The van der Waals surface area contributed by atoms with Crippen molar-refractivity contribution in [2.75, 3.05) is 7.11 Å². The zero-order valence-corrected chi connectivity index (χ0v) is 14.5. The summed E-state index contributed by atoms with van der Waals surface area (Å²) >= 11 is 0. The molecule has 1 rings (SSSR count). The molecule has 0 saturated heterocycles. The average molecular weight is 274 g/mol. The van der Waals surface area contributed by atoms with E-state index in [1.165, 1.54) is 7.11 Å². The number of ether oxygens (including phenoxy) is 1. The first-order valence-electron chi connectivity index (χ1n) is 6.39. The Bertz CT molecular complexity index is 293. The minimum Gasteiger partial charge on any atom is -0.469 e. The summed E-state index contributed by atoms with van der Waals surface area (Å²) in [6.45, 7) is 16.5. The van der Waals surface area contributed by atoms with E-state index in [1.54, 1.807) is 0 Å². The summed E-state index contributed by atoms with van der Waals surface area (Å²) in [6, 6.07) is 0.431. The van der Waals surface area contributed by atoms with E-state index < -0.39 is 16.5 Å². The Morgan fingerprint density at radius 3 is 1.76 bits per heavy atom. The number of esters is 1. The molecule has 0 aromatic carbocycles. The number of carbonyl (C=O) groups excluding carboxylic acids is 1. The Morgan fingerprint density at radius 1 is 1.06 bits per heavy atom. The molecule has 0 amide bonds. The molecule has 0 heterocycles. The van der Waals surface area contributed by atoms with Crippen LogP contribution < -0.4 is 0 Å². The summed E-state index contributed by atoms with van der Waals surface area (Å²) < 4.78 is 7.64. The van der Waals surface area contributed by atoms with E-state index in [4.69, 9.17) is 4.74 Å². The molecule has 0 N–H and O–H groups in total. The fourth-order valence-corrected chi connectivity index (χ4v) is 13.9. The molecule has 100 valence electrons. The number of methoxy groups -OCH3 is 1. The molecule has 1 saturated carbocycles. The van der Waals surface area contributed by atoms with E-state index in [9.17, 15) is 4.79 Å². The van der Waals surface area contributed by atoms with E-state index in [-0.39, 0.29) is 11.9 Å². The van der Waals surface area contributed by atoms with Crippen molar-refractivity contribution < 1.29 is 9.53 Å². The number of hydrogen-bond donors (Lipinski definition) is 0. The van der Waals surface area contributed by atoms with Gasteiger partial charge in [0.2, 0.25) is 0 Å². The van der Waals surface area contributed by atoms with Gasteiger partial charge in [0.1, 0.15) is 16.5 Å². The quantitative estimate of drug-likeness (QED) is 0.583. The van der Waals surface area contributed by atoms with Crippen molar-refractivity contribution in [3.05, 3.63) is 0 Å². The van der Waals surface area contributed by atoms with Crippen LogP contribution in [0.5, 0.6) is 0 Å². The lowest BCUT2D eigenvalue weighted by Crippen LogP contribution is -2.61. The predicted molar refractivity (Wildman–Crippen MR) is 77.0 cm³/mol. The van der Waals surface area contributed by atoms with Crippen LogP contribution in [0, 0.1) is 11.8 Å². The van der Waals surface area contributed by atoms with Crippen LogP contribution in [0.3, 0.4) is 0 Å². The molecule has 0 aromatic rings. The van der Waals surface area contributed by atoms with Crippen LogP contribution in [0.15, 0.2) is 0 Å². The largest absolute Gasteiger partial charge is 0.469 e. The molecule has 1 fully saturated rings. The zero-order valence-electron chi connectivity index (χ0n) is 12.5. The van der Waals surface area contributed by atoms with Crippen molar-refractivity contribution in [3.63, 3.8) is 0 Å². The second-order valence-corrected chi connectivity index (χ2v) is 17.2. The molecule has 0 spiro atoms. The Morgan fingerprint density at radius 2 is 1.47 bits per heavy atom. The highest BCUT2D eigenvalue weighted by Gasteiger charge is 2.59. The first-order chi connectivity index (χ1) is 7.51. The molecule has 3 atom stereocenters. The Labute approximate surface area is 108 Å². The fourth-order valence-electron chi connectivity index (χ4n) is 3.23. The van der Waals surface area contributed by atoms with E-state index >= 15 is 0 Å². The lowest BCUT2D eigenvalue weighted by atomic mass is 10.3. The number of nitrogens with zero attached hydrogens (tertiary/aromatic N) is 1. The van der Waals surface area contributed by atoms with Gasteiger partial charge in [0, 0.05) is 6.04 Å². The molecular formula is C12H27NO2Si2. The van der Waals surface area contributed by atoms with Gasteiger partial charge >= 0.3 is 5.97 Å². The van der Waals surface area contributed by atoms with E-state index in [1.807, 2.05) is 0 Å². The molecule has 1 unspecified atom stereocenters. The summed E-state index contributed by atoms with van der Waals surface area (Å²) in [5.74, 6) is 0.545. The van der Waals surface area contributed by atoms with Crippen LogP contribution in [0.1, 0.15) is 6.92 Å². The third-order valence-corrected chi connectivity index (χ3v) is 11.1. The number of hydrogen-bond acceptors (Lipinski definition) is 3. The second-order valence-electron chi connectivity index (χ2n) is 7.11. The summed E-state index contributed by atoms with van der Waals surface area (Å²) in [4.78, 5) is 11.7. The maximum absolute atomic E-state index is 11.7. The van der Waals surface area contributed by atoms with Crippen molar-refractivity contribution in [1.29, 1.82) is 0 Å². The van der Waals surface area contributed by atoms with Gasteiger partial charge in [0.25, 0.3) is 0 Å². The molecule has 0 radical (unpaired) electrons. The first-order valence-corrected chi connectivity index (χ1v) is 13.3. The lowest BCUT2D eigenvalue weighted by Gasteiger charge is -2.44. The molecular weight excluding hydrogens is 246 g/mol.